The standard InChI is InChI=1S/C15H26O2/c1-10-9-16-11(2)17-15(10)8-12-6-7-14(15,5)13(12,3)4/h10-12H,6-9H2,1-5H3/t10-,11+,12-,14-,15+/m1/s1. The minimum absolute atomic E-state index is 0.0295. The first kappa shape index (κ1) is 12.0. The summed E-state index contributed by atoms with van der Waals surface area (Å²) in [6.07, 6.45) is 3.92. The quantitative estimate of drug-likeness (QED) is 0.642. The zero-order valence-electron chi connectivity index (χ0n) is 11.9. The topological polar surface area (TPSA) is 18.5 Å². The molecular formula is C15H26O2. The van der Waals surface area contributed by atoms with Crippen LogP contribution in [0, 0.1) is 22.7 Å². The summed E-state index contributed by atoms with van der Waals surface area (Å²) in [6, 6.07) is 0. The van der Waals surface area contributed by atoms with Gasteiger partial charge >= 0.3 is 0 Å². The fourth-order valence-corrected chi connectivity index (χ4v) is 5.09. The summed E-state index contributed by atoms with van der Waals surface area (Å²) in [7, 11) is 0. The second-order valence-corrected chi connectivity index (χ2v) is 7.30. The van der Waals surface area contributed by atoms with Crippen molar-refractivity contribution in [1.82, 2.24) is 0 Å². The maximum Gasteiger partial charge on any atom is 0.155 e. The van der Waals surface area contributed by atoms with Crippen LogP contribution in [0.3, 0.4) is 0 Å². The van der Waals surface area contributed by atoms with Crippen molar-refractivity contribution in [3.63, 3.8) is 0 Å². The first-order valence-electron chi connectivity index (χ1n) is 7.13. The first-order chi connectivity index (χ1) is 7.83. The van der Waals surface area contributed by atoms with Crippen molar-refractivity contribution in [2.45, 2.75) is 65.8 Å². The Kier molecular flexibility index (Phi) is 2.30. The first-order valence-corrected chi connectivity index (χ1v) is 7.13. The van der Waals surface area contributed by atoms with Crippen LogP contribution in [0.1, 0.15) is 53.9 Å². The molecule has 5 atom stereocenters. The monoisotopic (exact) mass is 238 g/mol. The van der Waals surface area contributed by atoms with Crippen molar-refractivity contribution in [2.24, 2.45) is 22.7 Å². The third-order valence-corrected chi connectivity index (χ3v) is 6.67. The van der Waals surface area contributed by atoms with E-state index in [1.807, 2.05) is 0 Å². The Morgan fingerprint density at radius 3 is 2.35 bits per heavy atom. The average molecular weight is 238 g/mol. The number of hydrogen-bond donors (Lipinski definition) is 0. The highest BCUT2D eigenvalue weighted by Crippen LogP contribution is 2.73. The van der Waals surface area contributed by atoms with E-state index in [9.17, 15) is 0 Å². The Hall–Kier alpha value is -0.0800. The number of ether oxygens (including phenoxy) is 2. The van der Waals surface area contributed by atoms with Crippen LogP contribution in [0.5, 0.6) is 0 Å². The highest BCUT2D eigenvalue weighted by atomic mass is 16.7. The van der Waals surface area contributed by atoms with Gasteiger partial charge in [-0.1, -0.05) is 27.7 Å². The van der Waals surface area contributed by atoms with E-state index in [4.69, 9.17) is 9.47 Å². The number of rotatable bonds is 0. The molecule has 1 aliphatic heterocycles. The van der Waals surface area contributed by atoms with E-state index in [2.05, 4.69) is 34.6 Å². The van der Waals surface area contributed by atoms with Gasteiger partial charge in [-0.15, -0.1) is 0 Å². The van der Waals surface area contributed by atoms with Crippen LogP contribution < -0.4 is 0 Å². The minimum atomic E-state index is -0.0295. The molecule has 0 amide bonds. The largest absolute Gasteiger partial charge is 0.353 e. The molecule has 0 unspecified atom stereocenters. The molecule has 3 aliphatic rings. The fraction of sp³-hybridized carbons (Fsp3) is 1.00. The second kappa shape index (κ2) is 3.27. The van der Waals surface area contributed by atoms with Crippen LogP contribution in [0.2, 0.25) is 0 Å². The molecule has 0 aromatic heterocycles. The van der Waals surface area contributed by atoms with Gasteiger partial charge in [-0.2, -0.15) is 0 Å². The molecule has 2 heteroatoms. The van der Waals surface area contributed by atoms with E-state index in [1.54, 1.807) is 0 Å². The Morgan fingerprint density at radius 2 is 1.82 bits per heavy atom. The molecule has 0 aromatic rings. The average Bonchev–Trinajstić information content (AvgIpc) is 2.56. The summed E-state index contributed by atoms with van der Waals surface area (Å²) < 4.78 is 12.1. The fourth-order valence-electron chi connectivity index (χ4n) is 5.09. The highest BCUT2D eigenvalue weighted by Gasteiger charge is 2.71. The lowest BCUT2D eigenvalue weighted by Crippen LogP contribution is -2.58. The Morgan fingerprint density at radius 1 is 1.12 bits per heavy atom. The number of hydrogen-bond acceptors (Lipinski definition) is 2. The molecule has 1 spiro atoms. The molecule has 2 aliphatic carbocycles. The van der Waals surface area contributed by atoms with Crippen LogP contribution in [0.15, 0.2) is 0 Å². The summed E-state index contributed by atoms with van der Waals surface area (Å²) in [4.78, 5) is 0. The van der Waals surface area contributed by atoms with Crippen molar-refractivity contribution in [1.29, 1.82) is 0 Å². The van der Waals surface area contributed by atoms with Gasteiger partial charge in [-0.05, 0) is 37.5 Å². The molecule has 1 saturated heterocycles. The third kappa shape index (κ3) is 1.19. The molecule has 2 saturated carbocycles. The molecule has 3 fully saturated rings. The van der Waals surface area contributed by atoms with E-state index in [1.165, 1.54) is 19.3 Å². The van der Waals surface area contributed by atoms with E-state index >= 15 is 0 Å². The van der Waals surface area contributed by atoms with E-state index in [0.717, 1.165) is 12.5 Å². The summed E-state index contributed by atoms with van der Waals surface area (Å²) in [5, 5.41) is 0. The minimum Gasteiger partial charge on any atom is -0.353 e. The lowest BCUT2D eigenvalue weighted by molar-refractivity contribution is -0.308. The third-order valence-electron chi connectivity index (χ3n) is 6.67. The zero-order chi connectivity index (χ0) is 12.5. The van der Waals surface area contributed by atoms with Crippen LogP contribution in [-0.4, -0.2) is 18.5 Å². The van der Waals surface area contributed by atoms with Crippen LogP contribution >= 0.6 is 0 Å². The van der Waals surface area contributed by atoms with Gasteiger partial charge in [-0.3, -0.25) is 0 Å². The Balaban J connectivity index is 2.04. The van der Waals surface area contributed by atoms with Crippen molar-refractivity contribution < 1.29 is 9.47 Å². The molecule has 2 bridgehead atoms. The van der Waals surface area contributed by atoms with Gasteiger partial charge in [0.25, 0.3) is 0 Å². The summed E-state index contributed by atoms with van der Waals surface area (Å²) in [5.74, 6) is 1.36. The normalized spacial score (nSPS) is 56.6. The lowest BCUT2D eigenvalue weighted by Gasteiger charge is -2.54. The molecule has 0 N–H and O–H groups in total. The van der Waals surface area contributed by atoms with Gasteiger partial charge in [-0.25, -0.2) is 0 Å². The highest BCUT2D eigenvalue weighted by molar-refractivity contribution is 5.20. The van der Waals surface area contributed by atoms with Gasteiger partial charge < -0.3 is 9.47 Å². The number of fused-ring (bicyclic) bond motifs is 3. The zero-order valence-corrected chi connectivity index (χ0v) is 11.9. The maximum atomic E-state index is 6.40. The predicted molar refractivity (Wildman–Crippen MR) is 67.6 cm³/mol. The summed E-state index contributed by atoms with van der Waals surface area (Å²) >= 11 is 0. The van der Waals surface area contributed by atoms with Crippen molar-refractivity contribution >= 4 is 0 Å². The van der Waals surface area contributed by atoms with Gasteiger partial charge in [0.15, 0.2) is 6.29 Å². The van der Waals surface area contributed by atoms with E-state index < -0.39 is 0 Å². The summed E-state index contributed by atoms with van der Waals surface area (Å²) in [6.45, 7) is 12.6. The van der Waals surface area contributed by atoms with Crippen LogP contribution in [0.25, 0.3) is 0 Å². The van der Waals surface area contributed by atoms with Crippen molar-refractivity contribution in [3.8, 4) is 0 Å². The Labute approximate surface area is 105 Å². The van der Waals surface area contributed by atoms with E-state index in [0.29, 0.717) is 16.7 Å². The molecule has 0 aromatic carbocycles. The molecule has 17 heavy (non-hydrogen) atoms. The smallest absolute Gasteiger partial charge is 0.155 e. The lowest BCUT2D eigenvalue weighted by atomic mass is 9.60. The molecular weight excluding hydrogens is 212 g/mol. The van der Waals surface area contributed by atoms with Gasteiger partial charge in [0.2, 0.25) is 0 Å². The summed E-state index contributed by atoms with van der Waals surface area (Å²) in [5.41, 5.74) is 0.803. The molecule has 0 radical (unpaired) electrons. The second-order valence-electron chi connectivity index (χ2n) is 7.30. The van der Waals surface area contributed by atoms with Crippen LogP contribution in [-0.2, 0) is 9.47 Å². The van der Waals surface area contributed by atoms with Crippen molar-refractivity contribution in [2.75, 3.05) is 6.61 Å². The van der Waals surface area contributed by atoms with Gasteiger partial charge in [0.05, 0.1) is 12.2 Å². The van der Waals surface area contributed by atoms with Gasteiger partial charge in [0, 0.05) is 11.3 Å². The van der Waals surface area contributed by atoms with Crippen molar-refractivity contribution in [3.05, 3.63) is 0 Å². The molecule has 1 heterocycles. The van der Waals surface area contributed by atoms with Crippen LogP contribution in [0.4, 0.5) is 0 Å². The molecule has 2 nitrogen and oxygen atoms in total. The Bertz CT molecular complexity index is 338. The SMILES string of the molecule is C[C@H]1OC[C@@H](C)[C@]2(C[C@H]3CC[C@]2(C)C3(C)C)O1. The molecule has 3 rings (SSSR count). The van der Waals surface area contributed by atoms with Gasteiger partial charge in [0.1, 0.15) is 0 Å². The predicted octanol–water partition coefficient (Wildman–Crippen LogP) is 3.60. The maximum absolute atomic E-state index is 6.40. The molecule has 98 valence electrons. The van der Waals surface area contributed by atoms with E-state index in [-0.39, 0.29) is 11.9 Å².